The van der Waals surface area contributed by atoms with Crippen LogP contribution in [0.4, 0.5) is 17.5 Å². The van der Waals surface area contributed by atoms with Gasteiger partial charge in [-0.3, -0.25) is 0 Å². The van der Waals surface area contributed by atoms with E-state index in [1.807, 2.05) is 0 Å². The van der Waals surface area contributed by atoms with Gasteiger partial charge in [0.1, 0.15) is 0 Å². The van der Waals surface area contributed by atoms with Crippen LogP contribution in [0.3, 0.4) is 0 Å². The number of aromatic nitrogens is 3. The van der Waals surface area contributed by atoms with Gasteiger partial charge in [0, 0.05) is 11.6 Å². The largest absolute Gasteiger partial charge is 0.353 e. The van der Waals surface area contributed by atoms with E-state index in [1.165, 1.54) is 6.20 Å². The zero-order chi connectivity index (χ0) is 14.4. The molecular formula is C13H15Cl2N5. The average molecular weight is 312 g/mol. The van der Waals surface area contributed by atoms with E-state index < -0.39 is 0 Å². The Kier molecular flexibility index (Phi) is 5.38. The summed E-state index contributed by atoms with van der Waals surface area (Å²) in [7, 11) is 0. The second-order valence-electron chi connectivity index (χ2n) is 4.19. The lowest BCUT2D eigenvalue weighted by atomic mass is 10.3. The van der Waals surface area contributed by atoms with E-state index >= 15 is 0 Å². The molecule has 0 saturated carbocycles. The summed E-state index contributed by atoms with van der Waals surface area (Å²) in [6.07, 6.45) is 3.69. The molecule has 0 spiro atoms. The molecule has 0 amide bonds. The lowest BCUT2D eigenvalue weighted by Gasteiger charge is -2.09. The summed E-state index contributed by atoms with van der Waals surface area (Å²) >= 11 is 12.0. The Hall–Kier alpha value is -1.59. The molecular weight excluding hydrogens is 297 g/mol. The fourth-order valence-corrected chi connectivity index (χ4v) is 1.88. The lowest BCUT2D eigenvalue weighted by Crippen LogP contribution is -2.07. The number of benzene rings is 1. The van der Waals surface area contributed by atoms with Crippen LogP contribution in [-0.4, -0.2) is 21.7 Å². The van der Waals surface area contributed by atoms with Crippen molar-refractivity contribution >= 4 is 40.7 Å². The van der Waals surface area contributed by atoms with E-state index in [0.29, 0.717) is 27.5 Å². The molecule has 1 aromatic heterocycles. The van der Waals surface area contributed by atoms with Gasteiger partial charge in [0.2, 0.25) is 5.95 Å². The van der Waals surface area contributed by atoms with Crippen LogP contribution in [0.15, 0.2) is 24.4 Å². The van der Waals surface area contributed by atoms with Crippen molar-refractivity contribution in [2.24, 2.45) is 0 Å². The van der Waals surface area contributed by atoms with Gasteiger partial charge < -0.3 is 10.6 Å². The Balaban J connectivity index is 2.09. The molecule has 0 radical (unpaired) electrons. The first-order valence-corrected chi connectivity index (χ1v) is 7.10. The van der Waals surface area contributed by atoms with Crippen LogP contribution in [0, 0.1) is 0 Å². The Morgan fingerprint density at radius 1 is 1.25 bits per heavy atom. The minimum absolute atomic E-state index is 0.488. The highest BCUT2D eigenvalue weighted by molar-refractivity contribution is 6.35. The van der Waals surface area contributed by atoms with Crippen molar-refractivity contribution in [2.75, 3.05) is 17.2 Å². The lowest BCUT2D eigenvalue weighted by molar-refractivity contribution is 0.819. The molecule has 0 aliphatic heterocycles. The van der Waals surface area contributed by atoms with Crippen LogP contribution in [-0.2, 0) is 0 Å². The molecule has 0 bridgehead atoms. The molecule has 20 heavy (non-hydrogen) atoms. The number of rotatable bonds is 6. The van der Waals surface area contributed by atoms with Crippen LogP contribution in [0.25, 0.3) is 0 Å². The summed E-state index contributed by atoms with van der Waals surface area (Å²) < 4.78 is 0. The van der Waals surface area contributed by atoms with Crippen molar-refractivity contribution in [3.05, 3.63) is 34.4 Å². The summed E-state index contributed by atoms with van der Waals surface area (Å²) in [6, 6.07) is 5.18. The summed E-state index contributed by atoms with van der Waals surface area (Å²) in [6.45, 7) is 2.94. The van der Waals surface area contributed by atoms with Crippen molar-refractivity contribution in [1.29, 1.82) is 0 Å². The summed E-state index contributed by atoms with van der Waals surface area (Å²) in [5, 5.41) is 15.2. The molecule has 1 aromatic carbocycles. The highest BCUT2D eigenvalue weighted by Gasteiger charge is 2.04. The maximum atomic E-state index is 6.09. The van der Waals surface area contributed by atoms with Crippen molar-refractivity contribution in [3.63, 3.8) is 0 Å². The van der Waals surface area contributed by atoms with E-state index in [1.54, 1.807) is 18.2 Å². The minimum Gasteiger partial charge on any atom is -0.353 e. The van der Waals surface area contributed by atoms with Gasteiger partial charge in [0.25, 0.3) is 0 Å². The molecule has 0 fully saturated rings. The van der Waals surface area contributed by atoms with Gasteiger partial charge in [-0.05, 0) is 24.6 Å². The Labute approximate surface area is 127 Å². The molecule has 5 nitrogen and oxygen atoms in total. The van der Waals surface area contributed by atoms with E-state index in [0.717, 1.165) is 19.4 Å². The average Bonchev–Trinajstić information content (AvgIpc) is 2.44. The van der Waals surface area contributed by atoms with Crippen molar-refractivity contribution in [1.82, 2.24) is 15.2 Å². The number of hydrogen-bond acceptors (Lipinski definition) is 5. The van der Waals surface area contributed by atoms with Gasteiger partial charge in [-0.15, -0.1) is 5.10 Å². The van der Waals surface area contributed by atoms with Gasteiger partial charge in [-0.1, -0.05) is 36.5 Å². The second-order valence-corrected chi connectivity index (χ2v) is 5.04. The molecule has 1 heterocycles. The van der Waals surface area contributed by atoms with E-state index in [-0.39, 0.29) is 0 Å². The minimum atomic E-state index is 0.488. The first kappa shape index (κ1) is 14.8. The van der Waals surface area contributed by atoms with Crippen molar-refractivity contribution in [2.45, 2.75) is 19.8 Å². The predicted molar refractivity (Wildman–Crippen MR) is 83.0 cm³/mol. The summed E-state index contributed by atoms with van der Waals surface area (Å²) in [5.74, 6) is 1.05. The molecule has 2 aromatic rings. The molecule has 0 unspecified atom stereocenters. The van der Waals surface area contributed by atoms with Crippen LogP contribution >= 0.6 is 23.2 Å². The highest BCUT2D eigenvalue weighted by atomic mass is 35.5. The summed E-state index contributed by atoms with van der Waals surface area (Å²) in [4.78, 5) is 4.31. The molecule has 2 rings (SSSR count). The number of halogens is 2. The normalized spacial score (nSPS) is 10.3. The van der Waals surface area contributed by atoms with Gasteiger partial charge in [0.15, 0.2) is 5.82 Å². The van der Waals surface area contributed by atoms with Gasteiger partial charge in [-0.2, -0.15) is 10.1 Å². The van der Waals surface area contributed by atoms with Crippen LogP contribution in [0.1, 0.15) is 19.8 Å². The van der Waals surface area contributed by atoms with Crippen molar-refractivity contribution < 1.29 is 0 Å². The fraction of sp³-hybridized carbons (Fsp3) is 0.308. The number of hydrogen-bond donors (Lipinski definition) is 2. The number of nitrogens with one attached hydrogen (secondary N) is 2. The van der Waals surface area contributed by atoms with Crippen LogP contribution < -0.4 is 10.6 Å². The standard InChI is InChI=1S/C13H15Cl2N5/c1-2-3-6-16-13-19-12(8-17-20-13)18-11-7-9(14)4-5-10(11)15/h4-5,7-8H,2-3,6H2,1H3,(H2,16,18,19,20). The smallest absolute Gasteiger partial charge is 0.244 e. The van der Waals surface area contributed by atoms with Crippen LogP contribution in [0.5, 0.6) is 0 Å². The molecule has 2 N–H and O–H groups in total. The zero-order valence-corrected chi connectivity index (χ0v) is 12.5. The van der Waals surface area contributed by atoms with E-state index in [2.05, 4.69) is 32.7 Å². The zero-order valence-electron chi connectivity index (χ0n) is 11.0. The number of anilines is 3. The third-order valence-corrected chi connectivity index (χ3v) is 3.13. The van der Waals surface area contributed by atoms with Crippen molar-refractivity contribution in [3.8, 4) is 0 Å². The molecule has 0 aliphatic carbocycles. The maximum absolute atomic E-state index is 6.09. The van der Waals surface area contributed by atoms with E-state index in [9.17, 15) is 0 Å². The predicted octanol–water partition coefficient (Wildman–Crippen LogP) is 4.13. The van der Waals surface area contributed by atoms with Gasteiger partial charge in [-0.25, -0.2) is 0 Å². The Bertz CT molecular complexity index is 576. The quantitative estimate of drug-likeness (QED) is 0.785. The van der Waals surface area contributed by atoms with Crippen LogP contribution in [0.2, 0.25) is 10.0 Å². The maximum Gasteiger partial charge on any atom is 0.244 e. The third kappa shape index (κ3) is 4.21. The Morgan fingerprint density at radius 2 is 2.10 bits per heavy atom. The monoisotopic (exact) mass is 311 g/mol. The molecule has 7 heteroatoms. The molecule has 0 atom stereocenters. The molecule has 0 aliphatic rings. The number of unbranched alkanes of at least 4 members (excludes halogenated alkanes) is 1. The van der Waals surface area contributed by atoms with Gasteiger partial charge in [0.05, 0.1) is 16.9 Å². The Morgan fingerprint density at radius 3 is 2.90 bits per heavy atom. The summed E-state index contributed by atoms with van der Waals surface area (Å²) in [5.41, 5.74) is 0.680. The first-order chi connectivity index (χ1) is 9.69. The molecule has 0 saturated heterocycles. The number of nitrogens with zero attached hydrogens (tertiary/aromatic N) is 3. The SMILES string of the molecule is CCCCNc1nncc(Nc2cc(Cl)ccc2Cl)n1. The first-order valence-electron chi connectivity index (χ1n) is 6.34. The van der Waals surface area contributed by atoms with Gasteiger partial charge >= 0.3 is 0 Å². The highest BCUT2D eigenvalue weighted by Crippen LogP contribution is 2.27. The second kappa shape index (κ2) is 7.26. The topological polar surface area (TPSA) is 62.7 Å². The molecule has 106 valence electrons. The van der Waals surface area contributed by atoms with E-state index in [4.69, 9.17) is 23.2 Å². The fourth-order valence-electron chi connectivity index (χ4n) is 1.55. The third-order valence-electron chi connectivity index (χ3n) is 2.56.